The summed E-state index contributed by atoms with van der Waals surface area (Å²) in [5.74, 6) is 0. The van der Waals surface area contributed by atoms with Crippen LogP contribution in [0.3, 0.4) is 0 Å². The number of nitro benzene ring substituents is 1. The Kier molecular flexibility index (Phi) is 2.81. The van der Waals surface area contributed by atoms with Gasteiger partial charge in [0.15, 0.2) is 0 Å². The minimum absolute atomic E-state index is 0.0982. The zero-order chi connectivity index (χ0) is 10.7. The summed E-state index contributed by atoms with van der Waals surface area (Å²) in [7, 11) is -1.91. The van der Waals surface area contributed by atoms with Crippen molar-refractivity contribution in [2.45, 2.75) is 0 Å². The summed E-state index contributed by atoms with van der Waals surface area (Å²) in [4.78, 5) is 9.70. The van der Waals surface area contributed by atoms with Gasteiger partial charge in [0.1, 0.15) is 0 Å². The molecule has 0 heterocycles. The Balaban J connectivity index is 3.33. The molecule has 0 saturated heterocycles. The normalized spacial score (nSPS) is 9.21. The fourth-order valence-corrected chi connectivity index (χ4v) is 0.990. The average molecular weight is 192 g/mol. The van der Waals surface area contributed by atoms with Crippen LogP contribution in [0.4, 0.5) is 5.69 Å². The van der Waals surface area contributed by atoms with Crippen molar-refractivity contribution in [3.63, 3.8) is 0 Å². The average Bonchev–Trinajstić information content (AvgIpc) is 2.16. The Bertz CT molecular complexity index is 413. The third kappa shape index (κ3) is 1.88. The monoisotopic (exact) mass is 192 g/mol. The van der Waals surface area contributed by atoms with Gasteiger partial charge in [-0.25, -0.2) is 0 Å². The van der Waals surface area contributed by atoms with Crippen LogP contribution < -0.4 is 5.46 Å². The van der Waals surface area contributed by atoms with Crippen molar-refractivity contribution in [1.82, 2.24) is 0 Å². The minimum atomic E-state index is -1.91. The van der Waals surface area contributed by atoms with Crippen LogP contribution in [0, 0.1) is 21.4 Å². The standard InChI is InChI=1S/C7H5BN2O4/c9-4-5-1-2-6(8(11)12)7(3-5)10(13)14/h1-3,11-12H. The van der Waals surface area contributed by atoms with E-state index in [0.29, 0.717) is 0 Å². The molecule has 0 aromatic heterocycles. The van der Waals surface area contributed by atoms with E-state index in [1.807, 2.05) is 0 Å². The lowest BCUT2D eigenvalue weighted by Gasteiger charge is -2.00. The van der Waals surface area contributed by atoms with Crippen molar-refractivity contribution >= 4 is 18.3 Å². The van der Waals surface area contributed by atoms with Gasteiger partial charge in [-0.05, 0) is 6.07 Å². The van der Waals surface area contributed by atoms with E-state index in [1.165, 1.54) is 6.07 Å². The lowest BCUT2D eigenvalue weighted by molar-refractivity contribution is -0.383. The summed E-state index contributed by atoms with van der Waals surface area (Å²) < 4.78 is 0. The van der Waals surface area contributed by atoms with Gasteiger partial charge in [0.05, 0.1) is 22.0 Å². The molecule has 0 spiro atoms. The first kappa shape index (κ1) is 10.2. The van der Waals surface area contributed by atoms with Crippen molar-refractivity contribution in [3.05, 3.63) is 33.9 Å². The number of rotatable bonds is 2. The van der Waals surface area contributed by atoms with Gasteiger partial charge in [-0.15, -0.1) is 0 Å². The summed E-state index contributed by atoms with van der Waals surface area (Å²) in [6.07, 6.45) is 0. The molecule has 0 radical (unpaired) electrons. The zero-order valence-corrected chi connectivity index (χ0v) is 6.91. The SMILES string of the molecule is N#Cc1ccc(B(O)O)c([N+](=O)[O-])c1. The third-order valence-electron chi connectivity index (χ3n) is 1.63. The summed E-state index contributed by atoms with van der Waals surface area (Å²) in [5.41, 5.74) is -0.603. The maximum atomic E-state index is 10.5. The van der Waals surface area contributed by atoms with Gasteiger partial charge in [0.25, 0.3) is 5.69 Å². The first-order valence-electron chi connectivity index (χ1n) is 3.61. The number of nitriles is 1. The topological polar surface area (TPSA) is 107 Å². The first-order valence-corrected chi connectivity index (χ1v) is 3.61. The number of nitrogens with zero attached hydrogens (tertiary/aromatic N) is 2. The van der Waals surface area contributed by atoms with E-state index in [9.17, 15) is 10.1 Å². The van der Waals surface area contributed by atoms with Gasteiger partial charge in [-0.3, -0.25) is 10.1 Å². The van der Waals surface area contributed by atoms with Gasteiger partial charge in [0.2, 0.25) is 0 Å². The minimum Gasteiger partial charge on any atom is -0.423 e. The smallest absolute Gasteiger partial charge is 0.423 e. The van der Waals surface area contributed by atoms with Crippen molar-refractivity contribution < 1.29 is 15.0 Å². The second-order valence-corrected chi connectivity index (χ2v) is 2.52. The Morgan fingerprint density at radius 3 is 2.57 bits per heavy atom. The second-order valence-electron chi connectivity index (χ2n) is 2.52. The number of hydrogen-bond donors (Lipinski definition) is 2. The van der Waals surface area contributed by atoms with E-state index in [0.717, 1.165) is 12.1 Å². The Morgan fingerprint density at radius 2 is 2.14 bits per heavy atom. The van der Waals surface area contributed by atoms with Crippen LogP contribution in [0.1, 0.15) is 5.56 Å². The summed E-state index contributed by atoms with van der Waals surface area (Å²) in [6.45, 7) is 0. The van der Waals surface area contributed by atoms with Crippen molar-refractivity contribution in [2.75, 3.05) is 0 Å². The van der Waals surface area contributed by atoms with E-state index in [1.54, 1.807) is 6.07 Å². The molecule has 0 aliphatic rings. The first-order chi connectivity index (χ1) is 6.56. The highest BCUT2D eigenvalue weighted by molar-refractivity contribution is 6.60. The number of nitro groups is 1. The van der Waals surface area contributed by atoms with Crippen molar-refractivity contribution in [2.24, 2.45) is 0 Å². The molecule has 0 unspecified atom stereocenters. The maximum absolute atomic E-state index is 10.5. The number of benzene rings is 1. The van der Waals surface area contributed by atoms with Gasteiger partial charge < -0.3 is 10.0 Å². The quantitative estimate of drug-likeness (QED) is 0.360. The Labute approximate surface area is 79.3 Å². The van der Waals surface area contributed by atoms with E-state index >= 15 is 0 Å². The largest absolute Gasteiger partial charge is 0.495 e. The molecule has 2 N–H and O–H groups in total. The van der Waals surface area contributed by atoms with E-state index in [4.69, 9.17) is 15.3 Å². The molecule has 0 amide bonds. The molecule has 0 bridgehead atoms. The molecule has 1 aromatic rings. The molecule has 0 aliphatic heterocycles. The molecule has 14 heavy (non-hydrogen) atoms. The summed E-state index contributed by atoms with van der Waals surface area (Å²) in [5, 5.41) is 36.5. The molecular weight excluding hydrogens is 187 g/mol. The lowest BCUT2D eigenvalue weighted by Crippen LogP contribution is -2.31. The predicted molar refractivity (Wildman–Crippen MR) is 47.6 cm³/mol. The van der Waals surface area contributed by atoms with Crippen LogP contribution in [-0.2, 0) is 0 Å². The molecule has 0 atom stereocenters. The fraction of sp³-hybridized carbons (Fsp3) is 0. The molecule has 1 aromatic carbocycles. The van der Waals surface area contributed by atoms with Crippen LogP contribution in [0.25, 0.3) is 0 Å². The fourth-order valence-electron chi connectivity index (χ4n) is 0.990. The van der Waals surface area contributed by atoms with Crippen LogP contribution in [0.15, 0.2) is 18.2 Å². The lowest BCUT2D eigenvalue weighted by atomic mass is 9.78. The third-order valence-corrected chi connectivity index (χ3v) is 1.63. The zero-order valence-electron chi connectivity index (χ0n) is 6.91. The molecule has 0 saturated carbocycles. The number of hydrogen-bond acceptors (Lipinski definition) is 5. The van der Waals surface area contributed by atoms with Crippen LogP contribution in [-0.4, -0.2) is 22.1 Å². The molecule has 0 aliphatic carbocycles. The van der Waals surface area contributed by atoms with Gasteiger partial charge in [0, 0.05) is 6.07 Å². The molecule has 6 nitrogen and oxygen atoms in total. The van der Waals surface area contributed by atoms with Gasteiger partial charge in [-0.1, -0.05) is 6.07 Å². The molecule has 70 valence electrons. The molecular formula is C7H5BN2O4. The van der Waals surface area contributed by atoms with Gasteiger partial charge >= 0.3 is 7.12 Å². The highest BCUT2D eigenvalue weighted by Gasteiger charge is 2.23. The second kappa shape index (κ2) is 3.87. The van der Waals surface area contributed by atoms with E-state index in [2.05, 4.69) is 0 Å². The van der Waals surface area contributed by atoms with E-state index < -0.39 is 17.7 Å². The predicted octanol–water partition coefficient (Wildman–Crippen LogP) is -0.854. The maximum Gasteiger partial charge on any atom is 0.495 e. The Morgan fingerprint density at radius 1 is 1.50 bits per heavy atom. The van der Waals surface area contributed by atoms with Crippen molar-refractivity contribution in [1.29, 1.82) is 5.26 Å². The van der Waals surface area contributed by atoms with E-state index in [-0.39, 0.29) is 11.0 Å². The summed E-state index contributed by atoms with van der Waals surface area (Å²) in [6, 6.07) is 5.14. The summed E-state index contributed by atoms with van der Waals surface area (Å²) >= 11 is 0. The van der Waals surface area contributed by atoms with Crippen molar-refractivity contribution in [3.8, 4) is 6.07 Å². The van der Waals surface area contributed by atoms with Crippen LogP contribution in [0.5, 0.6) is 0 Å². The molecule has 7 heteroatoms. The highest BCUT2D eigenvalue weighted by Crippen LogP contribution is 2.10. The molecule has 1 rings (SSSR count). The van der Waals surface area contributed by atoms with Crippen LogP contribution >= 0.6 is 0 Å². The molecule has 0 fully saturated rings. The Hall–Kier alpha value is -1.91. The highest BCUT2D eigenvalue weighted by atomic mass is 16.6. The van der Waals surface area contributed by atoms with Gasteiger partial charge in [-0.2, -0.15) is 5.26 Å². The van der Waals surface area contributed by atoms with Crippen LogP contribution in [0.2, 0.25) is 0 Å².